The molecule has 1 amide bonds. The SMILES string of the molecule is CCc1nc2ccccc2c(C(=O)Nc2cccc(S(=O)(=O)NC3=NCCCCC3)c2)c1C. The lowest BCUT2D eigenvalue weighted by molar-refractivity contribution is 0.102. The predicted molar refractivity (Wildman–Crippen MR) is 131 cm³/mol. The number of para-hydroxylation sites is 1. The second-order valence-electron chi connectivity index (χ2n) is 8.16. The van der Waals surface area contributed by atoms with Crippen molar-refractivity contribution in [1.29, 1.82) is 0 Å². The highest BCUT2D eigenvalue weighted by molar-refractivity contribution is 7.90. The molecule has 0 saturated heterocycles. The Morgan fingerprint density at radius 3 is 2.70 bits per heavy atom. The fraction of sp³-hybridized carbons (Fsp3) is 0.320. The second kappa shape index (κ2) is 9.70. The number of pyridine rings is 1. The maximum absolute atomic E-state index is 13.3. The minimum Gasteiger partial charge on any atom is -0.322 e. The Balaban J connectivity index is 1.62. The first kappa shape index (κ1) is 22.9. The van der Waals surface area contributed by atoms with Crippen LogP contribution in [0.25, 0.3) is 10.9 Å². The van der Waals surface area contributed by atoms with E-state index in [0.29, 0.717) is 36.5 Å². The van der Waals surface area contributed by atoms with Crippen LogP contribution in [0.5, 0.6) is 0 Å². The molecule has 4 rings (SSSR count). The lowest BCUT2D eigenvalue weighted by Gasteiger charge is -2.15. The fourth-order valence-corrected chi connectivity index (χ4v) is 5.24. The molecule has 172 valence electrons. The van der Waals surface area contributed by atoms with Gasteiger partial charge in [-0.2, -0.15) is 0 Å². The molecular formula is C25H28N4O3S. The van der Waals surface area contributed by atoms with Crippen molar-refractivity contribution in [3.63, 3.8) is 0 Å². The molecule has 0 radical (unpaired) electrons. The summed E-state index contributed by atoms with van der Waals surface area (Å²) in [6.45, 7) is 4.53. The summed E-state index contributed by atoms with van der Waals surface area (Å²) in [6, 6.07) is 13.8. The first-order valence-electron chi connectivity index (χ1n) is 11.2. The predicted octanol–water partition coefficient (Wildman–Crippen LogP) is 4.61. The van der Waals surface area contributed by atoms with Crippen LogP contribution in [0.2, 0.25) is 0 Å². The van der Waals surface area contributed by atoms with E-state index in [9.17, 15) is 13.2 Å². The highest BCUT2D eigenvalue weighted by Gasteiger charge is 2.20. The number of hydrogen-bond acceptors (Lipinski definition) is 5. The molecule has 0 spiro atoms. The third-order valence-electron chi connectivity index (χ3n) is 5.83. The standard InChI is InChI=1S/C25H28N4O3S/c1-3-21-17(2)24(20-12-6-7-13-22(20)28-21)25(30)27-18-10-9-11-19(16-18)33(31,32)29-23-14-5-4-8-15-26-23/h6-7,9-13,16H,3-5,8,14-15H2,1-2H3,(H,26,29)(H,27,30). The molecule has 33 heavy (non-hydrogen) atoms. The largest absolute Gasteiger partial charge is 0.322 e. The Kier molecular flexibility index (Phi) is 6.74. The van der Waals surface area contributed by atoms with Crippen molar-refractivity contribution in [2.45, 2.75) is 50.8 Å². The average molecular weight is 465 g/mol. The second-order valence-corrected chi connectivity index (χ2v) is 9.84. The highest BCUT2D eigenvalue weighted by atomic mass is 32.2. The van der Waals surface area contributed by atoms with Crippen LogP contribution >= 0.6 is 0 Å². The minimum absolute atomic E-state index is 0.0813. The third-order valence-corrected chi connectivity index (χ3v) is 7.21. The van der Waals surface area contributed by atoms with Crippen LogP contribution in [0.4, 0.5) is 5.69 Å². The van der Waals surface area contributed by atoms with E-state index in [1.165, 1.54) is 12.1 Å². The lowest BCUT2D eigenvalue weighted by atomic mass is 9.99. The summed E-state index contributed by atoms with van der Waals surface area (Å²) in [5.74, 6) is 0.198. The maximum Gasteiger partial charge on any atom is 0.262 e. The van der Waals surface area contributed by atoms with E-state index >= 15 is 0 Å². The molecule has 0 unspecified atom stereocenters. The number of amidine groups is 1. The number of carbonyl (C=O) groups is 1. The average Bonchev–Trinajstić information content (AvgIpc) is 3.07. The Morgan fingerprint density at radius 1 is 1.06 bits per heavy atom. The molecule has 1 aliphatic rings. The fourth-order valence-electron chi connectivity index (χ4n) is 4.10. The number of aryl methyl sites for hydroxylation is 1. The van der Waals surface area contributed by atoms with Gasteiger partial charge in [0.05, 0.1) is 16.0 Å². The third kappa shape index (κ3) is 5.06. The molecule has 2 heterocycles. The number of nitrogens with zero attached hydrogens (tertiary/aromatic N) is 2. The summed E-state index contributed by atoms with van der Waals surface area (Å²) in [5, 5.41) is 3.64. The van der Waals surface area contributed by atoms with E-state index in [0.717, 1.165) is 41.4 Å². The summed E-state index contributed by atoms with van der Waals surface area (Å²) in [5.41, 5.74) is 3.41. The molecule has 0 aliphatic carbocycles. The summed E-state index contributed by atoms with van der Waals surface area (Å²) < 4.78 is 28.5. The van der Waals surface area contributed by atoms with Crippen molar-refractivity contribution in [3.8, 4) is 0 Å². The number of benzene rings is 2. The van der Waals surface area contributed by atoms with Crippen LogP contribution in [-0.2, 0) is 16.4 Å². The lowest BCUT2D eigenvalue weighted by Crippen LogP contribution is -2.30. The van der Waals surface area contributed by atoms with Crippen LogP contribution in [0.3, 0.4) is 0 Å². The number of aromatic nitrogens is 1. The number of hydrogen-bond donors (Lipinski definition) is 2. The highest BCUT2D eigenvalue weighted by Crippen LogP contribution is 2.25. The zero-order valence-corrected chi connectivity index (χ0v) is 19.7. The van der Waals surface area contributed by atoms with Gasteiger partial charge < -0.3 is 5.32 Å². The molecule has 7 nitrogen and oxygen atoms in total. The topological polar surface area (TPSA) is 101 Å². The monoisotopic (exact) mass is 464 g/mol. The maximum atomic E-state index is 13.3. The first-order chi connectivity index (χ1) is 15.9. The number of nitrogens with one attached hydrogen (secondary N) is 2. The summed E-state index contributed by atoms with van der Waals surface area (Å²) in [4.78, 5) is 22.4. The van der Waals surface area contributed by atoms with Gasteiger partial charge in [-0.25, -0.2) is 8.42 Å². The van der Waals surface area contributed by atoms with E-state index in [2.05, 4.69) is 20.0 Å². The van der Waals surface area contributed by atoms with Gasteiger partial charge in [0.25, 0.3) is 15.9 Å². The molecular weight excluding hydrogens is 436 g/mol. The molecule has 1 aliphatic heterocycles. The van der Waals surface area contributed by atoms with Crippen molar-refractivity contribution < 1.29 is 13.2 Å². The van der Waals surface area contributed by atoms with Gasteiger partial charge in [-0.1, -0.05) is 37.6 Å². The van der Waals surface area contributed by atoms with Gasteiger partial charge >= 0.3 is 0 Å². The van der Waals surface area contributed by atoms with Crippen LogP contribution in [0.15, 0.2) is 58.4 Å². The van der Waals surface area contributed by atoms with Crippen LogP contribution < -0.4 is 10.0 Å². The number of carbonyl (C=O) groups excluding carboxylic acids is 1. The Morgan fingerprint density at radius 2 is 1.88 bits per heavy atom. The first-order valence-corrected chi connectivity index (χ1v) is 12.7. The summed E-state index contributed by atoms with van der Waals surface area (Å²) in [6.07, 6.45) is 4.25. The molecule has 0 bridgehead atoms. The van der Waals surface area contributed by atoms with Crippen molar-refractivity contribution >= 4 is 38.4 Å². The van der Waals surface area contributed by atoms with Gasteiger partial charge in [0.2, 0.25) is 0 Å². The minimum atomic E-state index is -3.79. The molecule has 8 heteroatoms. The number of anilines is 1. The van der Waals surface area contributed by atoms with Crippen LogP contribution in [0.1, 0.15) is 54.2 Å². The molecule has 1 aromatic heterocycles. The normalized spacial score (nSPS) is 14.4. The number of aliphatic imine (C=N–C) groups is 1. The van der Waals surface area contributed by atoms with Crippen molar-refractivity contribution in [2.75, 3.05) is 11.9 Å². The Labute approximate surface area is 194 Å². The molecule has 2 aromatic carbocycles. The summed E-state index contributed by atoms with van der Waals surface area (Å²) >= 11 is 0. The van der Waals surface area contributed by atoms with Gasteiger partial charge in [-0.15, -0.1) is 0 Å². The smallest absolute Gasteiger partial charge is 0.262 e. The van der Waals surface area contributed by atoms with Crippen LogP contribution in [0, 0.1) is 6.92 Å². The van der Waals surface area contributed by atoms with Crippen molar-refractivity contribution in [3.05, 3.63) is 65.4 Å². The van der Waals surface area contributed by atoms with Gasteiger partial charge in [0.1, 0.15) is 5.84 Å². The molecule has 3 aromatic rings. The van der Waals surface area contributed by atoms with E-state index in [1.807, 2.05) is 38.1 Å². The quantitative estimate of drug-likeness (QED) is 0.576. The Hall–Kier alpha value is -3.26. The Bertz CT molecular complexity index is 1330. The van der Waals surface area contributed by atoms with Crippen molar-refractivity contribution in [2.24, 2.45) is 4.99 Å². The zero-order chi connectivity index (χ0) is 23.4. The number of rotatable bonds is 5. The van der Waals surface area contributed by atoms with Gasteiger partial charge in [-0.3, -0.25) is 19.5 Å². The molecule has 0 fully saturated rings. The van der Waals surface area contributed by atoms with E-state index in [4.69, 9.17) is 0 Å². The number of fused-ring (bicyclic) bond motifs is 1. The zero-order valence-electron chi connectivity index (χ0n) is 18.9. The molecule has 2 N–H and O–H groups in total. The molecule has 0 saturated carbocycles. The van der Waals surface area contributed by atoms with E-state index < -0.39 is 10.0 Å². The number of sulfonamides is 1. The number of amides is 1. The van der Waals surface area contributed by atoms with Gasteiger partial charge in [0.15, 0.2) is 0 Å². The van der Waals surface area contributed by atoms with Crippen LogP contribution in [-0.4, -0.2) is 31.7 Å². The van der Waals surface area contributed by atoms with E-state index in [-0.39, 0.29) is 10.8 Å². The van der Waals surface area contributed by atoms with Crippen molar-refractivity contribution in [1.82, 2.24) is 9.71 Å². The van der Waals surface area contributed by atoms with Gasteiger partial charge in [-0.05, 0) is 56.0 Å². The summed E-state index contributed by atoms with van der Waals surface area (Å²) in [7, 11) is -3.79. The van der Waals surface area contributed by atoms with E-state index in [1.54, 1.807) is 12.1 Å². The van der Waals surface area contributed by atoms with Gasteiger partial charge in [0, 0.05) is 29.7 Å². The molecule has 0 atom stereocenters.